The monoisotopic (exact) mass is 370 g/mol. The van der Waals surface area contributed by atoms with Crippen LogP contribution >= 0.6 is 11.6 Å². The molecular weight excluding hydrogens is 352 g/mol. The number of amides is 1. The summed E-state index contributed by atoms with van der Waals surface area (Å²) in [4.78, 5) is 17.3. The zero-order valence-corrected chi connectivity index (χ0v) is 15.0. The maximum absolute atomic E-state index is 12.8. The van der Waals surface area contributed by atoms with E-state index in [-0.39, 0.29) is 24.0 Å². The van der Waals surface area contributed by atoms with Gasteiger partial charge in [0.05, 0.1) is 28.9 Å². The van der Waals surface area contributed by atoms with Crippen LogP contribution in [0.2, 0.25) is 5.02 Å². The molecule has 26 heavy (non-hydrogen) atoms. The average molecular weight is 371 g/mol. The van der Waals surface area contributed by atoms with E-state index in [4.69, 9.17) is 11.6 Å². The van der Waals surface area contributed by atoms with Gasteiger partial charge in [-0.25, -0.2) is 0 Å². The summed E-state index contributed by atoms with van der Waals surface area (Å²) in [6, 6.07) is 9.66. The smallest absolute Gasteiger partial charge is 0.271 e. The highest BCUT2D eigenvalue weighted by molar-refractivity contribution is 6.33. The SMILES string of the molecule is Cn1ncc(Cl)c1C(=O)NC(c1cnc2ccccc2c1)C1CC(O)C1. The number of carbonyl (C=O) groups is 1. The van der Waals surface area contributed by atoms with Crippen LogP contribution in [-0.4, -0.2) is 31.9 Å². The minimum Gasteiger partial charge on any atom is -0.393 e. The van der Waals surface area contributed by atoms with Crippen molar-refractivity contribution >= 4 is 28.4 Å². The third kappa shape index (κ3) is 3.06. The van der Waals surface area contributed by atoms with Crippen molar-refractivity contribution in [2.75, 3.05) is 0 Å². The van der Waals surface area contributed by atoms with E-state index in [9.17, 15) is 9.90 Å². The Hall–Kier alpha value is -2.44. The molecule has 6 nitrogen and oxygen atoms in total. The number of fused-ring (bicyclic) bond motifs is 1. The van der Waals surface area contributed by atoms with Crippen molar-refractivity contribution in [3.05, 3.63) is 59.0 Å². The molecule has 3 aromatic rings. The molecule has 0 bridgehead atoms. The Labute approximate surface area is 155 Å². The minimum absolute atomic E-state index is 0.156. The third-order valence-electron chi connectivity index (χ3n) is 4.99. The number of aryl methyl sites for hydroxylation is 1. The summed E-state index contributed by atoms with van der Waals surface area (Å²) >= 11 is 6.10. The van der Waals surface area contributed by atoms with Gasteiger partial charge in [0.1, 0.15) is 5.69 Å². The zero-order chi connectivity index (χ0) is 18.3. The molecule has 7 heteroatoms. The van der Waals surface area contributed by atoms with E-state index in [2.05, 4.69) is 15.4 Å². The topological polar surface area (TPSA) is 80.0 Å². The van der Waals surface area contributed by atoms with Crippen LogP contribution < -0.4 is 5.32 Å². The molecule has 1 aromatic carbocycles. The van der Waals surface area contributed by atoms with Gasteiger partial charge in [0, 0.05) is 18.6 Å². The first-order chi connectivity index (χ1) is 12.5. The molecule has 1 aliphatic rings. The van der Waals surface area contributed by atoms with Gasteiger partial charge in [-0.1, -0.05) is 29.8 Å². The second-order valence-electron chi connectivity index (χ2n) is 6.76. The molecule has 0 radical (unpaired) electrons. The van der Waals surface area contributed by atoms with Crippen LogP contribution in [-0.2, 0) is 7.05 Å². The van der Waals surface area contributed by atoms with E-state index in [1.54, 1.807) is 13.2 Å². The van der Waals surface area contributed by atoms with E-state index >= 15 is 0 Å². The first-order valence-electron chi connectivity index (χ1n) is 8.54. The number of aliphatic hydroxyl groups is 1. The predicted molar refractivity (Wildman–Crippen MR) is 98.9 cm³/mol. The number of halogens is 1. The molecule has 4 rings (SSSR count). The van der Waals surface area contributed by atoms with Gasteiger partial charge >= 0.3 is 0 Å². The molecule has 0 spiro atoms. The summed E-state index contributed by atoms with van der Waals surface area (Å²) in [5.41, 5.74) is 2.15. The number of benzene rings is 1. The largest absolute Gasteiger partial charge is 0.393 e. The van der Waals surface area contributed by atoms with E-state index in [0.29, 0.717) is 23.6 Å². The van der Waals surface area contributed by atoms with E-state index in [0.717, 1.165) is 16.5 Å². The number of aromatic nitrogens is 3. The van der Waals surface area contributed by atoms with Crippen LogP contribution in [0.25, 0.3) is 10.9 Å². The normalized spacial score (nSPS) is 20.6. The third-order valence-corrected chi connectivity index (χ3v) is 5.26. The second kappa shape index (κ2) is 6.70. The summed E-state index contributed by atoms with van der Waals surface area (Å²) in [6.45, 7) is 0. The Bertz CT molecular complexity index is 946. The number of rotatable bonds is 4. The second-order valence-corrected chi connectivity index (χ2v) is 7.17. The average Bonchev–Trinajstić information content (AvgIpc) is 2.95. The summed E-state index contributed by atoms with van der Waals surface area (Å²) < 4.78 is 1.46. The standard InChI is InChI=1S/C19H19ClN4O2/c1-24-18(15(20)10-22-24)19(26)23-17(12-7-14(25)8-12)13-6-11-4-2-3-5-16(11)21-9-13/h2-6,9-10,12,14,17,25H,7-8H2,1H3,(H,23,26). The Kier molecular flexibility index (Phi) is 4.38. The van der Waals surface area contributed by atoms with E-state index in [1.807, 2.05) is 30.3 Å². The molecule has 0 saturated heterocycles. The lowest BCUT2D eigenvalue weighted by Gasteiger charge is -2.38. The lowest BCUT2D eigenvalue weighted by molar-refractivity contribution is 0.0234. The molecule has 1 amide bonds. The number of hydrogen-bond donors (Lipinski definition) is 2. The van der Waals surface area contributed by atoms with Crippen LogP contribution in [0.3, 0.4) is 0 Å². The fourth-order valence-electron chi connectivity index (χ4n) is 3.51. The molecule has 2 N–H and O–H groups in total. The fraction of sp³-hybridized carbons (Fsp3) is 0.316. The van der Waals surface area contributed by atoms with Crippen molar-refractivity contribution in [2.45, 2.75) is 25.0 Å². The number of pyridine rings is 1. The van der Waals surface area contributed by atoms with Gasteiger partial charge in [-0.15, -0.1) is 0 Å². The summed E-state index contributed by atoms with van der Waals surface area (Å²) in [7, 11) is 1.68. The molecule has 1 fully saturated rings. The fourth-order valence-corrected chi connectivity index (χ4v) is 3.76. The molecular formula is C19H19ClN4O2. The maximum Gasteiger partial charge on any atom is 0.271 e. The Morgan fingerprint density at radius 2 is 2.12 bits per heavy atom. The van der Waals surface area contributed by atoms with Gasteiger partial charge in [0.15, 0.2) is 0 Å². The van der Waals surface area contributed by atoms with Gasteiger partial charge < -0.3 is 10.4 Å². The van der Waals surface area contributed by atoms with Crippen LogP contribution in [0, 0.1) is 5.92 Å². The van der Waals surface area contributed by atoms with E-state index in [1.165, 1.54) is 10.9 Å². The quantitative estimate of drug-likeness (QED) is 0.740. The number of nitrogens with one attached hydrogen (secondary N) is 1. The Morgan fingerprint density at radius 1 is 1.35 bits per heavy atom. The van der Waals surface area contributed by atoms with Crippen molar-refractivity contribution in [1.82, 2.24) is 20.1 Å². The minimum atomic E-state index is -0.312. The van der Waals surface area contributed by atoms with Gasteiger partial charge in [-0.05, 0) is 36.5 Å². The lowest BCUT2D eigenvalue weighted by Crippen LogP contribution is -2.42. The number of hydrogen-bond acceptors (Lipinski definition) is 4. The number of nitrogens with zero attached hydrogens (tertiary/aromatic N) is 3. The van der Waals surface area contributed by atoms with E-state index < -0.39 is 0 Å². The van der Waals surface area contributed by atoms with Gasteiger partial charge in [-0.2, -0.15) is 5.10 Å². The van der Waals surface area contributed by atoms with Gasteiger partial charge in [0.2, 0.25) is 0 Å². The van der Waals surface area contributed by atoms with Crippen molar-refractivity contribution < 1.29 is 9.90 Å². The Balaban J connectivity index is 1.67. The maximum atomic E-state index is 12.8. The number of aliphatic hydroxyl groups excluding tert-OH is 1. The first kappa shape index (κ1) is 17.0. The highest BCUT2D eigenvalue weighted by Gasteiger charge is 2.36. The Morgan fingerprint density at radius 3 is 2.81 bits per heavy atom. The first-order valence-corrected chi connectivity index (χ1v) is 8.92. The zero-order valence-electron chi connectivity index (χ0n) is 14.3. The lowest BCUT2D eigenvalue weighted by atomic mass is 9.75. The van der Waals surface area contributed by atoms with Crippen LogP contribution in [0.1, 0.15) is 34.9 Å². The highest BCUT2D eigenvalue weighted by atomic mass is 35.5. The molecule has 134 valence electrons. The van der Waals surface area contributed by atoms with Crippen LogP contribution in [0.5, 0.6) is 0 Å². The summed E-state index contributed by atoms with van der Waals surface area (Å²) in [5.74, 6) is -0.126. The van der Waals surface area contributed by atoms with Crippen molar-refractivity contribution in [3.8, 4) is 0 Å². The molecule has 1 aliphatic carbocycles. The summed E-state index contributed by atoms with van der Waals surface area (Å²) in [5, 5.41) is 18.1. The molecule has 2 aromatic heterocycles. The van der Waals surface area contributed by atoms with Crippen molar-refractivity contribution in [1.29, 1.82) is 0 Å². The summed E-state index contributed by atoms with van der Waals surface area (Å²) in [6.07, 6.45) is 4.24. The molecule has 1 saturated carbocycles. The number of carbonyl (C=O) groups excluding carboxylic acids is 1. The molecule has 1 unspecified atom stereocenters. The molecule has 0 aliphatic heterocycles. The number of para-hydroxylation sites is 1. The van der Waals surface area contributed by atoms with Gasteiger partial charge in [-0.3, -0.25) is 14.5 Å². The van der Waals surface area contributed by atoms with Crippen LogP contribution in [0.4, 0.5) is 0 Å². The van der Waals surface area contributed by atoms with Crippen molar-refractivity contribution in [3.63, 3.8) is 0 Å². The van der Waals surface area contributed by atoms with Crippen molar-refractivity contribution in [2.24, 2.45) is 13.0 Å². The molecule has 1 atom stereocenters. The van der Waals surface area contributed by atoms with Crippen LogP contribution in [0.15, 0.2) is 42.7 Å². The molecule has 2 heterocycles. The van der Waals surface area contributed by atoms with Gasteiger partial charge in [0.25, 0.3) is 5.91 Å². The highest BCUT2D eigenvalue weighted by Crippen LogP contribution is 2.38. The predicted octanol–water partition coefficient (Wildman–Crippen LogP) is 2.86.